The quantitative estimate of drug-likeness (QED) is 0.441. The van der Waals surface area contributed by atoms with Crippen LogP contribution in [0.4, 0.5) is 0 Å². The number of hydrogen-bond acceptors (Lipinski definition) is 3. The van der Waals surface area contributed by atoms with Crippen molar-refractivity contribution in [1.29, 1.82) is 0 Å². The molecule has 2 heterocycles. The van der Waals surface area contributed by atoms with E-state index in [-0.39, 0.29) is 11.0 Å². The Bertz CT molecular complexity index is 762. The zero-order chi connectivity index (χ0) is 23.9. The summed E-state index contributed by atoms with van der Waals surface area (Å²) in [7, 11) is 0. The van der Waals surface area contributed by atoms with E-state index in [4.69, 9.17) is 0 Å². The first-order valence-corrected chi connectivity index (χ1v) is 14.4. The van der Waals surface area contributed by atoms with Crippen LogP contribution in [0.1, 0.15) is 113 Å². The lowest BCUT2D eigenvalue weighted by Crippen LogP contribution is -2.67. The second-order valence-electron chi connectivity index (χ2n) is 15.5. The van der Waals surface area contributed by atoms with Crippen molar-refractivity contribution in [3.63, 3.8) is 0 Å². The van der Waals surface area contributed by atoms with Gasteiger partial charge in [0.2, 0.25) is 0 Å². The summed E-state index contributed by atoms with van der Waals surface area (Å²) < 4.78 is 0. The zero-order valence-corrected chi connectivity index (χ0v) is 22.9. The standard InChI is InChI=1S/C30H54N2O/c1-25(2)13-15-30(20-33)16-14-29(7)24(21(30)19-25)31-18-10-23-27(5)11-8-17-32-26(3,4)22(27)9-12-28(23,29)6/h21-24,31-33H,8-20H2,1-7H3/t21-,22-,23+,24-,27-,28+,29+,30+/m0/s1. The molecule has 5 rings (SSSR count). The SMILES string of the molecule is CC1(C)CC[C@]2(CO)CC[C@]3(C)[C@@H](NCC[C@@H]4[C@@]5(C)CCCNC(C)(C)[C@@H]5CC[C@]43C)[C@@H]2C1. The van der Waals surface area contributed by atoms with Gasteiger partial charge in [0.1, 0.15) is 0 Å². The third kappa shape index (κ3) is 3.37. The van der Waals surface area contributed by atoms with Gasteiger partial charge in [-0.15, -0.1) is 0 Å². The molecule has 0 bridgehead atoms. The monoisotopic (exact) mass is 458 g/mol. The Hall–Kier alpha value is -0.120. The minimum Gasteiger partial charge on any atom is -0.396 e. The molecule has 3 nitrogen and oxygen atoms in total. The van der Waals surface area contributed by atoms with Crippen molar-refractivity contribution in [1.82, 2.24) is 10.6 Å². The van der Waals surface area contributed by atoms with Crippen LogP contribution in [0.3, 0.4) is 0 Å². The summed E-state index contributed by atoms with van der Waals surface area (Å²) in [5.41, 5.74) is 1.88. The van der Waals surface area contributed by atoms with Crippen LogP contribution in [0.5, 0.6) is 0 Å². The van der Waals surface area contributed by atoms with Gasteiger partial charge >= 0.3 is 0 Å². The van der Waals surface area contributed by atoms with Crippen LogP contribution in [0.15, 0.2) is 0 Å². The first-order valence-electron chi connectivity index (χ1n) is 14.4. The Labute approximate surface area is 204 Å². The molecule has 0 spiro atoms. The van der Waals surface area contributed by atoms with Crippen molar-refractivity contribution in [3.8, 4) is 0 Å². The summed E-state index contributed by atoms with van der Waals surface area (Å²) in [6.45, 7) is 20.8. The average molecular weight is 459 g/mol. The first kappa shape index (κ1) is 24.6. The summed E-state index contributed by atoms with van der Waals surface area (Å²) in [5.74, 6) is 2.15. The van der Waals surface area contributed by atoms with Gasteiger partial charge in [-0.25, -0.2) is 0 Å². The van der Waals surface area contributed by atoms with E-state index in [9.17, 15) is 5.11 Å². The smallest absolute Gasteiger partial charge is 0.0490 e. The first-order chi connectivity index (χ1) is 15.3. The minimum atomic E-state index is 0.151. The van der Waals surface area contributed by atoms with E-state index in [1.54, 1.807) is 0 Å². The molecule has 3 heteroatoms. The molecule has 33 heavy (non-hydrogen) atoms. The van der Waals surface area contributed by atoms with Crippen molar-refractivity contribution >= 4 is 0 Å². The summed E-state index contributed by atoms with van der Waals surface area (Å²) in [4.78, 5) is 0. The second kappa shape index (κ2) is 7.69. The normalized spacial score (nSPS) is 53.5. The number of nitrogens with one attached hydrogen (secondary N) is 2. The zero-order valence-electron chi connectivity index (χ0n) is 22.9. The van der Waals surface area contributed by atoms with Gasteiger partial charge in [-0.3, -0.25) is 0 Å². The predicted molar refractivity (Wildman–Crippen MR) is 138 cm³/mol. The number of rotatable bonds is 1. The number of hydrogen-bond donors (Lipinski definition) is 3. The van der Waals surface area contributed by atoms with Gasteiger partial charge in [-0.1, -0.05) is 34.6 Å². The molecule has 0 aromatic carbocycles. The maximum absolute atomic E-state index is 10.7. The van der Waals surface area contributed by atoms with E-state index in [0.29, 0.717) is 40.2 Å². The second-order valence-corrected chi connectivity index (χ2v) is 15.5. The largest absolute Gasteiger partial charge is 0.396 e. The van der Waals surface area contributed by atoms with E-state index in [1.807, 2.05) is 0 Å². The Balaban J connectivity index is 1.57. The molecule has 0 unspecified atom stereocenters. The van der Waals surface area contributed by atoms with E-state index in [2.05, 4.69) is 59.1 Å². The minimum absolute atomic E-state index is 0.151. The molecule has 190 valence electrons. The van der Waals surface area contributed by atoms with Gasteiger partial charge in [-0.05, 0) is 136 Å². The Morgan fingerprint density at radius 2 is 1.48 bits per heavy atom. The topological polar surface area (TPSA) is 44.3 Å². The van der Waals surface area contributed by atoms with Crippen LogP contribution in [0, 0.1) is 44.8 Å². The Morgan fingerprint density at radius 3 is 2.21 bits per heavy atom. The fourth-order valence-corrected chi connectivity index (χ4v) is 11.0. The molecular formula is C30H54N2O. The van der Waals surface area contributed by atoms with Gasteiger partial charge in [0.05, 0.1) is 0 Å². The van der Waals surface area contributed by atoms with Crippen LogP contribution in [-0.4, -0.2) is 36.4 Å². The number of aliphatic hydroxyl groups excluding tert-OH is 1. The molecule has 5 fully saturated rings. The van der Waals surface area contributed by atoms with Crippen LogP contribution in [0.2, 0.25) is 0 Å². The lowest BCUT2D eigenvalue weighted by atomic mass is 9.37. The third-order valence-corrected chi connectivity index (χ3v) is 13.2. The van der Waals surface area contributed by atoms with E-state index in [0.717, 1.165) is 18.4 Å². The van der Waals surface area contributed by atoms with Gasteiger partial charge < -0.3 is 15.7 Å². The maximum Gasteiger partial charge on any atom is 0.0490 e. The molecule has 5 aliphatic rings. The molecule has 2 aliphatic heterocycles. The van der Waals surface area contributed by atoms with Crippen molar-refractivity contribution in [2.24, 2.45) is 44.8 Å². The summed E-state index contributed by atoms with van der Waals surface area (Å²) >= 11 is 0. The van der Waals surface area contributed by atoms with Crippen LogP contribution >= 0.6 is 0 Å². The molecule has 8 atom stereocenters. The van der Waals surface area contributed by atoms with Gasteiger partial charge in [0.15, 0.2) is 0 Å². The summed E-state index contributed by atoms with van der Waals surface area (Å²) in [5, 5.41) is 18.9. The van der Waals surface area contributed by atoms with Gasteiger partial charge in [0.25, 0.3) is 0 Å². The molecular weight excluding hydrogens is 404 g/mol. The highest BCUT2D eigenvalue weighted by atomic mass is 16.3. The lowest BCUT2D eigenvalue weighted by molar-refractivity contribution is -0.186. The van der Waals surface area contributed by atoms with E-state index >= 15 is 0 Å². The molecule has 3 aliphatic carbocycles. The highest BCUT2D eigenvalue weighted by Crippen LogP contribution is 2.71. The fraction of sp³-hybridized carbons (Fsp3) is 1.00. The molecule has 3 saturated carbocycles. The Kier molecular flexibility index (Phi) is 5.72. The molecule has 0 amide bonds. The van der Waals surface area contributed by atoms with Crippen molar-refractivity contribution in [2.75, 3.05) is 19.7 Å². The molecule has 0 aromatic heterocycles. The Morgan fingerprint density at radius 1 is 0.758 bits per heavy atom. The van der Waals surface area contributed by atoms with Crippen molar-refractivity contribution in [3.05, 3.63) is 0 Å². The van der Waals surface area contributed by atoms with Crippen molar-refractivity contribution < 1.29 is 5.11 Å². The maximum atomic E-state index is 10.7. The molecule has 0 radical (unpaired) electrons. The highest BCUT2D eigenvalue weighted by Gasteiger charge is 2.68. The highest BCUT2D eigenvalue weighted by molar-refractivity contribution is 5.19. The van der Waals surface area contributed by atoms with Crippen LogP contribution in [0.25, 0.3) is 0 Å². The molecule has 0 aromatic rings. The third-order valence-electron chi connectivity index (χ3n) is 13.2. The predicted octanol–water partition coefficient (Wildman–Crippen LogP) is 6.15. The van der Waals surface area contributed by atoms with Crippen LogP contribution in [-0.2, 0) is 0 Å². The van der Waals surface area contributed by atoms with E-state index < -0.39 is 0 Å². The molecule has 3 N–H and O–H groups in total. The number of fused-ring (bicyclic) bond motifs is 7. The van der Waals surface area contributed by atoms with Crippen LogP contribution < -0.4 is 10.6 Å². The lowest BCUT2D eigenvalue weighted by Gasteiger charge is -2.68. The average Bonchev–Trinajstić information content (AvgIpc) is 2.94. The molecule has 2 saturated heterocycles. The summed E-state index contributed by atoms with van der Waals surface area (Å²) in [6.07, 6.45) is 13.1. The van der Waals surface area contributed by atoms with Gasteiger partial charge in [-0.2, -0.15) is 0 Å². The number of aliphatic hydroxyl groups is 1. The van der Waals surface area contributed by atoms with Gasteiger partial charge in [0, 0.05) is 18.2 Å². The van der Waals surface area contributed by atoms with Crippen molar-refractivity contribution in [2.45, 2.75) is 124 Å². The van der Waals surface area contributed by atoms with E-state index in [1.165, 1.54) is 70.8 Å². The summed E-state index contributed by atoms with van der Waals surface area (Å²) in [6, 6.07) is 0.546. The fourth-order valence-electron chi connectivity index (χ4n) is 11.0.